The highest BCUT2D eigenvalue weighted by atomic mass is 16.6. The van der Waals surface area contributed by atoms with Crippen molar-refractivity contribution in [2.24, 2.45) is 16.8 Å². The van der Waals surface area contributed by atoms with Crippen LogP contribution in [0.3, 0.4) is 0 Å². The van der Waals surface area contributed by atoms with Gasteiger partial charge < -0.3 is 15.9 Å². The molecule has 0 aliphatic carbocycles. The van der Waals surface area contributed by atoms with Crippen molar-refractivity contribution in [2.45, 2.75) is 0 Å². The number of rotatable bonds is 2. The first-order valence-corrected chi connectivity index (χ1v) is 3.39. The predicted molar refractivity (Wildman–Crippen MR) is 39.9 cm³/mol. The van der Waals surface area contributed by atoms with Crippen LogP contribution < -0.4 is 11.1 Å². The number of nitrogens with two attached hydrogens (primary N) is 1. The molecule has 0 aromatic carbocycles. The summed E-state index contributed by atoms with van der Waals surface area (Å²) in [5.74, 6) is 0.375. The monoisotopic (exact) mass is 143 g/mol. The topological polar surface area (TPSA) is 59.6 Å². The number of nitrogens with zero attached hydrogens (tertiary/aromatic N) is 1. The van der Waals surface area contributed by atoms with Crippen LogP contribution in [0.5, 0.6) is 0 Å². The van der Waals surface area contributed by atoms with E-state index in [2.05, 4.69) is 15.3 Å². The fourth-order valence-corrected chi connectivity index (χ4v) is 1.08. The molecule has 0 aromatic rings. The lowest BCUT2D eigenvalue weighted by Gasteiger charge is -2.03. The van der Waals surface area contributed by atoms with Crippen LogP contribution in [-0.2, 0) is 4.84 Å². The smallest absolute Gasteiger partial charge is 0.106 e. The molecule has 0 aromatic heterocycles. The van der Waals surface area contributed by atoms with Gasteiger partial charge in [-0.1, -0.05) is 5.16 Å². The Morgan fingerprint density at radius 1 is 1.90 bits per heavy atom. The van der Waals surface area contributed by atoms with Gasteiger partial charge in [0.1, 0.15) is 7.11 Å². The Kier molecular flexibility index (Phi) is 2.65. The molecule has 3 N–H and O–H groups in total. The molecule has 1 aliphatic rings. The van der Waals surface area contributed by atoms with Gasteiger partial charge in [-0.15, -0.1) is 0 Å². The van der Waals surface area contributed by atoms with Gasteiger partial charge in [0.15, 0.2) is 0 Å². The molecule has 1 fully saturated rings. The van der Waals surface area contributed by atoms with E-state index in [0.717, 1.165) is 18.8 Å². The van der Waals surface area contributed by atoms with Crippen molar-refractivity contribution in [1.29, 1.82) is 0 Å². The first-order chi connectivity index (χ1) is 4.88. The molecular weight excluding hydrogens is 130 g/mol. The van der Waals surface area contributed by atoms with E-state index in [-0.39, 0.29) is 0 Å². The van der Waals surface area contributed by atoms with Crippen LogP contribution in [0.4, 0.5) is 0 Å². The lowest BCUT2D eigenvalue weighted by atomic mass is 10.1. The van der Waals surface area contributed by atoms with E-state index in [1.54, 1.807) is 7.11 Å². The lowest BCUT2D eigenvalue weighted by Crippen LogP contribution is -2.22. The Bertz CT molecular complexity index is 135. The van der Waals surface area contributed by atoms with Crippen molar-refractivity contribution >= 4 is 5.71 Å². The first kappa shape index (κ1) is 7.50. The largest absolute Gasteiger partial charge is 0.399 e. The first-order valence-electron chi connectivity index (χ1n) is 3.39. The van der Waals surface area contributed by atoms with E-state index < -0.39 is 0 Å². The molecule has 0 saturated carbocycles. The summed E-state index contributed by atoms with van der Waals surface area (Å²) in [6, 6.07) is 0. The van der Waals surface area contributed by atoms with Crippen LogP contribution in [0.15, 0.2) is 5.16 Å². The minimum atomic E-state index is 0.375. The fraction of sp³-hybridized carbons (Fsp3) is 0.833. The van der Waals surface area contributed by atoms with Crippen LogP contribution in [-0.4, -0.2) is 32.5 Å². The molecule has 0 spiro atoms. The Balaban J connectivity index is 2.49. The summed E-state index contributed by atoms with van der Waals surface area (Å²) in [6.07, 6.45) is 0. The highest BCUT2D eigenvalue weighted by Crippen LogP contribution is 2.02. The molecule has 0 unspecified atom stereocenters. The van der Waals surface area contributed by atoms with E-state index in [1.165, 1.54) is 0 Å². The lowest BCUT2D eigenvalue weighted by molar-refractivity contribution is 0.211. The number of nitrogens with one attached hydrogen (secondary N) is 1. The SMILES string of the molecule is CO/N=C1\CNC[C@@H]1CN. The maximum absolute atomic E-state index is 5.48. The van der Waals surface area contributed by atoms with E-state index in [4.69, 9.17) is 5.73 Å². The second kappa shape index (κ2) is 3.53. The molecule has 1 saturated heterocycles. The molecule has 0 bridgehead atoms. The third-order valence-electron chi connectivity index (χ3n) is 1.66. The molecular formula is C6H13N3O. The van der Waals surface area contributed by atoms with Crippen molar-refractivity contribution in [3.8, 4) is 0 Å². The standard InChI is InChI=1S/C6H13N3O/c1-10-9-6-4-8-3-5(6)2-7/h5,8H,2-4,7H2,1H3/b9-6+/t5-/m0/s1. The summed E-state index contributed by atoms with van der Waals surface area (Å²) in [6.45, 7) is 2.39. The number of hydrogen-bond donors (Lipinski definition) is 2. The average molecular weight is 143 g/mol. The summed E-state index contributed by atoms with van der Waals surface area (Å²) >= 11 is 0. The normalized spacial score (nSPS) is 29.4. The van der Waals surface area contributed by atoms with Gasteiger partial charge in [-0.2, -0.15) is 0 Å². The van der Waals surface area contributed by atoms with Gasteiger partial charge in [-0.25, -0.2) is 0 Å². The van der Waals surface area contributed by atoms with Gasteiger partial charge in [0.2, 0.25) is 0 Å². The molecule has 58 valence electrons. The molecule has 0 radical (unpaired) electrons. The maximum Gasteiger partial charge on any atom is 0.106 e. The zero-order valence-corrected chi connectivity index (χ0v) is 6.13. The Morgan fingerprint density at radius 3 is 3.30 bits per heavy atom. The molecule has 1 atom stereocenters. The van der Waals surface area contributed by atoms with Gasteiger partial charge in [0.25, 0.3) is 0 Å². The molecule has 1 heterocycles. The van der Waals surface area contributed by atoms with Crippen LogP contribution in [0.1, 0.15) is 0 Å². The molecule has 10 heavy (non-hydrogen) atoms. The highest BCUT2D eigenvalue weighted by Gasteiger charge is 2.20. The van der Waals surface area contributed by atoms with Gasteiger partial charge in [0, 0.05) is 25.6 Å². The van der Waals surface area contributed by atoms with Crippen molar-refractivity contribution in [1.82, 2.24) is 5.32 Å². The van der Waals surface area contributed by atoms with Gasteiger partial charge in [0.05, 0.1) is 5.71 Å². The summed E-state index contributed by atoms with van der Waals surface area (Å²) in [5.41, 5.74) is 6.51. The summed E-state index contributed by atoms with van der Waals surface area (Å²) in [7, 11) is 1.55. The Labute approximate surface area is 60.4 Å². The van der Waals surface area contributed by atoms with Crippen molar-refractivity contribution in [3.05, 3.63) is 0 Å². The van der Waals surface area contributed by atoms with Gasteiger partial charge >= 0.3 is 0 Å². The molecule has 4 heteroatoms. The van der Waals surface area contributed by atoms with Crippen LogP contribution in [0.2, 0.25) is 0 Å². The van der Waals surface area contributed by atoms with Crippen LogP contribution in [0.25, 0.3) is 0 Å². The van der Waals surface area contributed by atoms with Crippen molar-refractivity contribution < 1.29 is 4.84 Å². The maximum atomic E-state index is 5.48. The van der Waals surface area contributed by atoms with Crippen molar-refractivity contribution in [2.75, 3.05) is 26.7 Å². The minimum Gasteiger partial charge on any atom is -0.399 e. The third kappa shape index (κ3) is 1.46. The van der Waals surface area contributed by atoms with Gasteiger partial charge in [-0.05, 0) is 0 Å². The fourth-order valence-electron chi connectivity index (χ4n) is 1.08. The molecule has 1 rings (SSSR count). The van der Waals surface area contributed by atoms with E-state index in [0.29, 0.717) is 12.5 Å². The molecule has 0 amide bonds. The zero-order valence-electron chi connectivity index (χ0n) is 6.13. The third-order valence-corrected chi connectivity index (χ3v) is 1.66. The van der Waals surface area contributed by atoms with Crippen LogP contribution in [0, 0.1) is 5.92 Å². The summed E-state index contributed by atoms with van der Waals surface area (Å²) in [5, 5.41) is 7.02. The Morgan fingerprint density at radius 2 is 2.70 bits per heavy atom. The average Bonchev–Trinajstić information content (AvgIpc) is 2.36. The summed E-state index contributed by atoms with van der Waals surface area (Å²) in [4.78, 5) is 4.65. The minimum absolute atomic E-state index is 0.375. The molecule has 4 nitrogen and oxygen atoms in total. The summed E-state index contributed by atoms with van der Waals surface area (Å²) < 4.78 is 0. The highest BCUT2D eigenvalue weighted by molar-refractivity contribution is 5.90. The Hall–Kier alpha value is -0.610. The molecule has 1 aliphatic heterocycles. The number of hydrogen-bond acceptors (Lipinski definition) is 4. The quantitative estimate of drug-likeness (QED) is 0.496. The van der Waals surface area contributed by atoms with Crippen molar-refractivity contribution in [3.63, 3.8) is 0 Å². The second-order valence-electron chi connectivity index (χ2n) is 2.33. The number of oxime groups is 1. The van der Waals surface area contributed by atoms with E-state index in [1.807, 2.05) is 0 Å². The zero-order chi connectivity index (χ0) is 7.40. The van der Waals surface area contributed by atoms with Crippen LogP contribution >= 0.6 is 0 Å². The second-order valence-corrected chi connectivity index (χ2v) is 2.33. The van der Waals surface area contributed by atoms with E-state index in [9.17, 15) is 0 Å². The van der Waals surface area contributed by atoms with Gasteiger partial charge in [-0.3, -0.25) is 0 Å². The predicted octanol–water partition coefficient (Wildman–Crippen LogP) is -0.833. The van der Waals surface area contributed by atoms with E-state index >= 15 is 0 Å².